The summed E-state index contributed by atoms with van der Waals surface area (Å²) in [5.74, 6) is -0.434. The van der Waals surface area contributed by atoms with Gasteiger partial charge in [0.2, 0.25) is 10.0 Å². The molecule has 0 bridgehead atoms. The van der Waals surface area contributed by atoms with E-state index in [4.69, 9.17) is 0 Å². The van der Waals surface area contributed by atoms with Crippen molar-refractivity contribution in [2.75, 3.05) is 0 Å². The molecule has 0 spiro atoms. The smallest absolute Gasteiger partial charge is 0.208 e. The van der Waals surface area contributed by atoms with E-state index < -0.39 is 15.8 Å². The first-order chi connectivity index (χ1) is 8.28. The molecule has 1 N–H and O–H groups in total. The van der Waals surface area contributed by atoms with Gasteiger partial charge in [0.15, 0.2) is 0 Å². The largest absolute Gasteiger partial charge is 0.240 e. The number of hydrogen-bond acceptors (Lipinski definition) is 2. The maximum atomic E-state index is 12.8. The summed E-state index contributed by atoms with van der Waals surface area (Å²) in [6, 6.07) is 4.88. The van der Waals surface area contributed by atoms with Crippen molar-refractivity contribution >= 4 is 10.0 Å². The highest BCUT2D eigenvalue weighted by atomic mass is 32.2. The third-order valence-corrected chi connectivity index (χ3v) is 4.95. The lowest BCUT2D eigenvalue weighted by Crippen LogP contribution is -2.33. The van der Waals surface area contributed by atoms with Crippen molar-refractivity contribution in [3.63, 3.8) is 0 Å². The van der Waals surface area contributed by atoms with Gasteiger partial charge < -0.3 is 0 Å². The second-order valence-electron chi connectivity index (χ2n) is 5.68. The Labute approximate surface area is 107 Å². The lowest BCUT2D eigenvalue weighted by molar-refractivity contribution is 0.372. The minimum atomic E-state index is -3.53. The molecule has 1 fully saturated rings. The number of hydrogen-bond donors (Lipinski definition) is 1. The molecule has 0 radical (unpaired) electrons. The van der Waals surface area contributed by atoms with Crippen LogP contribution in [0.1, 0.15) is 33.1 Å². The quantitative estimate of drug-likeness (QED) is 0.918. The molecule has 1 aromatic carbocycles. The third-order valence-electron chi connectivity index (χ3n) is 3.41. The molecule has 1 saturated carbocycles. The molecule has 1 unspecified atom stereocenters. The fraction of sp³-hybridized carbons (Fsp3) is 0.538. The summed E-state index contributed by atoms with van der Waals surface area (Å²) >= 11 is 0. The number of sulfonamides is 1. The van der Waals surface area contributed by atoms with Crippen LogP contribution in [-0.2, 0) is 10.0 Å². The van der Waals surface area contributed by atoms with Crippen LogP contribution in [0.25, 0.3) is 0 Å². The van der Waals surface area contributed by atoms with Crippen molar-refractivity contribution in [2.45, 2.75) is 44.0 Å². The predicted molar refractivity (Wildman–Crippen MR) is 68.1 cm³/mol. The molecular formula is C13H18FNO2S. The van der Waals surface area contributed by atoms with E-state index >= 15 is 0 Å². The normalized spacial score (nSPS) is 23.2. The zero-order chi connectivity index (χ0) is 13.4. The number of nitrogens with one attached hydrogen (secondary N) is 1. The Hall–Kier alpha value is -0.940. The van der Waals surface area contributed by atoms with E-state index in [1.807, 2.05) is 0 Å². The van der Waals surface area contributed by atoms with E-state index in [0.717, 1.165) is 31.4 Å². The predicted octanol–water partition coefficient (Wildman–Crippen LogP) is 2.68. The van der Waals surface area contributed by atoms with Crippen LogP contribution >= 0.6 is 0 Å². The van der Waals surface area contributed by atoms with E-state index in [9.17, 15) is 12.8 Å². The maximum Gasteiger partial charge on any atom is 0.240 e. The molecule has 2 rings (SSSR count). The topological polar surface area (TPSA) is 46.2 Å². The Bertz CT molecular complexity index is 522. The van der Waals surface area contributed by atoms with Crippen molar-refractivity contribution in [3.05, 3.63) is 30.1 Å². The van der Waals surface area contributed by atoms with Gasteiger partial charge in [0.1, 0.15) is 5.82 Å². The summed E-state index contributed by atoms with van der Waals surface area (Å²) in [6.45, 7) is 4.28. The van der Waals surface area contributed by atoms with Crippen LogP contribution in [0.5, 0.6) is 0 Å². The van der Waals surface area contributed by atoms with Gasteiger partial charge in [-0.2, -0.15) is 0 Å². The summed E-state index contributed by atoms with van der Waals surface area (Å²) in [4.78, 5) is 0.119. The molecule has 3 nitrogen and oxygen atoms in total. The van der Waals surface area contributed by atoms with Gasteiger partial charge in [0.05, 0.1) is 4.90 Å². The molecule has 5 heteroatoms. The molecule has 1 atom stereocenters. The van der Waals surface area contributed by atoms with E-state index in [0.29, 0.717) is 0 Å². The molecule has 0 aromatic heterocycles. The Morgan fingerprint density at radius 3 is 2.39 bits per heavy atom. The Morgan fingerprint density at radius 2 is 1.89 bits per heavy atom. The second kappa shape index (κ2) is 4.63. The van der Waals surface area contributed by atoms with Gasteiger partial charge in [-0.3, -0.25) is 0 Å². The van der Waals surface area contributed by atoms with Crippen LogP contribution in [0.15, 0.2) is 29.2 Å². The van der Waals surface area contributed by atoms with Crippen molar-refractivity contribution < 1.29 is 12.8 Å². The van der Waals surface area contributed by atoms with Gasteiger partial charge >= 0.3 is 0 Å². The maximum absolute atomic E-state index is 12.8. The first-order valence-corrected chi connectivity index (χ1v) is 7.55. The third kappa shape index (κ3) is 3.09. The van der Waals surface area contributed by atoms with Gasteiger partial charge in [-0.1, -0.05) is 13.8 Å². The molecule has 18 heavy (non-hydrogen) atoms. The van der Waals surface area contributed by atoms with Crippen molar-refractivity contribution in [1.29, 1.82) is 0 Å². The van der Waals surface area contributed by atoms with E-state index in [1.165, 1.54) is 12.1 Å². The Balaban J connectivity index is 2.11. The molecular weight excluding hydrogens is 253 g/mol. The fourth-order valence-corrected chi connectivity index (χ4v) is 3.71. The molecule has 0 heterocycles. The second-order valence-corrected chi connectivity index (χ2v) is 7.39. The minimum Gasteiger partial charge on any atom is -0.208 e. The van der Waals surface area contributed by atoms with E-state index in [2.05, 4.69) is 18.6 Å². The molecule has 0 amide bonds. The zero-order valence-electron chi connectivity index (χ0n) is 10.6. The minimum absolute atomic E-state index is 0.0185. The van der Waals surface area contributed by atoms with E-state index in [-0.39, 0.29) is 16.4 Å². The molecule has 1 aliphatic carbocycles. The average molecular weight is 271 g/mol. The lowest BCUT2D eigenvalue weighted by atomic mass is 9.92. The number of benzene rings is 1. The van der Waals surface area contributed by atoms with Crippen LogP contribution < -0.4 is 4.72 Å². The highest BCUT2D eigenvalue weighted by Gasteiger charge is 2.33. The standard InChI is InChI=1S/C13H18FNO2S/c1-13(2)8-7-11(9-13)15-18(16,17)12-5-3-10(14)4-6-12/h3-6,11,15H,7-9H2,1-2H3. The molecule has 0 aliphatic heterocycles. The summed E-state index contributed by atoms with van der Waals surface area (Å²) in [5.41, 5.74) is 0.190. The highest BCUT2D eigenvalue weighted by molar-refractivity contribution is 7.89. The Morgan fingerprint density at radius 1 is 1.28 bits per heavy atom. The van der Waals surface area contributed by atoms with Crippen LogP contribution in [0.4, 0.5) is 4.39 Å². The van der Waals surface area contributed by atoms with Gasteiger partial charge in [-0.15, -0.1) is 0 Å². The average Bonchev–Trinajstić information content (AvgIpc) is 2.57. The van der Waals surface area contributed by atoms with Gasteiger partial charge in [0, 0.05) is 6.04 Å². The summed E-state index contributed by atoms with van der Waals surface area (Å²) in [7, 11) is -3.53. The van der Waals surface area contributed by atoms with Crippen LogP contribution in [0.2, 0.25) is 0 Å². The fourth-order valence-electron chi connectivity index (χ4n) is 2.44. The summed E-state index contributed by atoms with van der Waals surface area (Å²) in [5, 5.41) is 0. The molecule has 100 valence electrons. The highest BCUT2D eigenvalue weighted by Crippen LogP contribution is 2.37. The molecule has 0 saturated heterocycles. The first kappa shape index (κ1) is 13.5. The number of halogens is 1. The Kier molecular flexibility index (Phi) is 3.47. The first-order valence-electron chi connectivity index (χ1n) is 6.06. The van der Waals surface area contributed by atoms with Crippen LogP contribution in [0, 0.1) is 11.2 Å². The van der Waals surface area contributed by atoms with Gasteiger partial charge in [-0.25, -0.2) is 17.5 Å². The van der Waals surface area contributed by atoms with E-state index in [1.54, 1.807) is 0 Å². The van der Waals surface area contributed by atoms with Crippen molar-refractivity contribution in [1.82, 2.24) is 4.72 Å². The zero-order valence-corrected chi connectivity index (χ0v) is 11.4. The molecule has 1 aliphatic rings. The van der Waals surface area contributed by atoms with Crippen LogP contribution in [0.3, 0.4) is 0 Å². The van der Waals surface area contributed by atoms with Gasteiger partial charge in [0.25, 0.3) is 0 Å². The van der Waals surface area contributed by atoms with Crippen molar-refractivity contribution in [3.8, 4) is 0 Å². The molecule has 1 aromatic rings. The monoisotopic (exact) mass is 271 g/mol. The van der Waals surface area contributed by atoms with Gasteiger partial charge in [-0.05, 0) is 48.9 Å². The summed E-state index contributed by atoms with van der Waals surface area (Å²) < 4.78 is 39.6. The lowest BCUT2D eigenvalue weighted by Gasteiger charge is -2.17. The summed E-state index contributed by atoms with van der Waals surface area (Å²) in [6.07, 6.45) is 2.71. The SMILES string of the molecule is CC1(C)CCC(NS(=O)(=O)c2ccc(F)cc2)C1. The van der Waals surface area contributed by atoms with Crippen molar-refractivity contribution in [2.24, 2.45) is 5.41 Å². The van der Waals surface area contributed by atoms with Crippen LogP contribution in [-0.4, -0.2) is 14.5 Å². The number of rotatable bonds is 3.